The maximum Gasteiger partial charge on any atom is 0.341 e. The number of rotatable bonds is 5. The van der Waals surface area contributed by atoms with E-state index in [9.17, 15) is 18.4 Å². The Labute approximate surface area is 197 Å². The first-order valence-corrected chi connectivity index (χ1v) is 12.0. The molecular weight excluding hydrogens is 464 g/mol. The van der Waals surface area contributed by atoms with Crippen LogP contribution in [-0.2, 0) is 0 Å². The van der Waals surface area contributed by atoms with E-state index in [1.807, 2.05) is 6.07 Å². The lowest BCUT2D eigenvalue weighted by Crippen LogP contribution is -2.58. The molecule has 4 heterocycles. The summed E-state index contributed by atoms with van der Waals surface area (Å²) in [6.45, 7) is 0.710. The Morgan fingerprint density at radius 2 is 1.88 bits per heavy atom. The maximum atomic E-state index is 13.6. The smallest absolute Gasteiger partial charge is 0.341 e. The van der Waals surface area contributed by atoms with Crippen molar-refractivity contribution < 1.29 is 23.1 Å². The number of amides is 2. The van der Waals surface area contributed by atoms with Crippen LogP contribution in [0.25, 0.3) is 10.3 Å². The topological polar surface area (TPSA) is 90.9 Å². The minimum Gasteiger partial charge on any atom is -0.463 e. The van der Waals surface area contributed by atoms with E-state index < -0.39 is 17.7 Å². The quantitative estimate of drug-likeness (QED) is 0.539. The predicted octanol–water partition coefficient (Wildman–Crippen LogP) is 4.50. The van der Waals surface area contributed by atoms with Crippen LogP contribution in [0.3, 0.4) is 0 Å². The molecule has 1 atom stereocenters. The Morgan fingerprint density at radius 1 is 1.12 bits per heavy atom. The van der Waals surface area contributed by atoms with Gasteiger partial charge < -0.3 is 14.6 Å². The van der Waals surface area contributed by atoms with Crippen LogP contribution >= 0.6 is 11.3 Å². The fourth-order valence-corrected chi connectivity index (χ4v) is 5.35. The van der Waals surface area contributed by atoms with E-state index in [1.54, 1.807) is 11.1 Å². The molecule has 11 heteroatoms. The third-order valence-corrected chi connectivity index (χ3v) is 7.48. The van der Waals surface area contributed by atoms with Crippen molar-refractivity contribution in [3.63, 3.8) is 0 Å². The van der Waals surface area contributed by atoms with Crippen LogP contribution in [0, 0.1) is 17.6 Å². The number of thiazole rings is 1. The van der Waals surface area contributed by atoms with Crippen molar-refractivity contribution in [2.75, 3.05) is 13.1 Å². The zero-order chi connectivity index (χ0) is 23.4. The van der Waals surface area contributed by atoms with Gasteiger partial charge in [-0.3, -0.25) is 4.79 Å². The van der Waals surface area contributed by atoms with Crippen molar-refractivity contribution in [2.24, 2.45) is 11.0 Å². The second-order valence-electron chi connectivity index (χ2n) is 8.89. The van der Waals surface area contributed by atoms with Crippen molar-refractivity contribution in [1.82, 2.24) is 19.9 Å². The molecule has 2 fully saturated rings. The Hall–Kier alpha value is -3.34. The van der Waals surface area contributed by atoms with Gasteiger partial charge in [-0.25, -0.2) is 18.6 Å². The van der Waals surface area contributed by atoms with Crippen molar-refractivity contribution in [1.29, 1.82) is 0 Å². The number of halogens is 2. The second-order valence-corrected chi connectivity index (χ2v) is 9.89. The highest BCUT2D eigenvalue weighted by Gasteiger charge is 2.39. The number of H-pyrrole nitrogens is 1. The molecule has 3 aliphatic rings. The van der Waals surface area contributed by atoms with Crippen molar-refractivity contribution in [3.05, 3.63) is 47.2 Å². The summed E-state index contributed by atoms with van der Waals surface area (Å²) >= 11 is 1.36. The second kappa shape index (κ2) is 8.15. The molecule has 2 aromatic heterocycles. The van der Waals surface area contributed by atoms with Crippen molar-refractivity contribution in [2.45, 2.75) is 37.8 Å². The number of carbonyl (C=O) groups is 2. The van der Waals surface area contributed by atoms with Crippen LogP contribution in [-0.4, -0.2) is 57.1 Å². The lowest BCUT2D eigenvalue weighted by molar-refractivity contribution is 0.0277. The number of hydrazone groups is 1. The molecular formula is C23H21F2N5O3S. The van der Waals surface area contributed by atoms with Crippen LogP contribution in [0.4, 0.5) is 13.6 Å². The molecule has 0 bridgehead atoms. The zero-order valence-electron chi connectivity index (χ0n) is 18.0. The summed E-state index contributed by atoms with van der Waals surface area (Å²) in [4.78, 5) is 34.4. The molecule has 0 radical (unpaired) electrons. The molecule has 0 unspecified atom stereocenters. The number of aromatic nitrogens is 2. The molecule has 2 aliphatic heterocycles. The molecule has 34 heavy (non-hydrogen) atoms. The van der Waals surface area contributed by atoms with E-state index in [1.165, 1.54) is 28.5 Å². The van der Waals surface area contributed by atoms with Gasteiger partial charge in [0.15, 0.2) is 11.4 Å². The number of ether oxygens (including phenoxy) is 1. The number of nitrogens with zero attached hydrogens (tertiary/aromatic N) is 4. The van der Waals surface area contributed by atoms with E-state index in [0.29, 0.717) is 41.6 Å². The number of aromatic amines is 1. The van der Waals surface area contributed by atoms with Crippen LogP contribution in [0.15, 0.2) is 29.4 Å². The summed E-state index contributed by atoms with van der Waals surface area (Å²) < 4.78 is 34.1. The van der Waals surface area contributed by atoms with Gasteiger partial charge in [0.2, 0.25) is 0 Å². The highest BCUT2D eigenvalue weighted by molar-refractivity contribution is 7.20. The van der Waals surface area contributed by atoms with Gasteiger partial charge in [0, 0.05) is 24.6 Å². The highest BCUT2D eigenvalue weighted by atomic mass is 32.1. The van der Waals surface area contributed by atoms with Gasteiger partial charge in [0.05, 0.1) is 29.5 Å². The Bertz CT molecular complexity index is 1260. The lowest BCUT2D eigenvalue weighted by atomic mass is 9.81. The third kappa shape index (κ3) is 3.73. The van der Waals surface area contributed by atoms with Crippen molar-refractivity contribution >= 4 is 39.7 Å². The number of urea groups is 1. The summed E-state index contributed by atoms with van der Waals surface area (Å²) in [6, 6.07) is 4.19. The molecule has 6 rings (SSSR count). The number of carbonyl (C=O) groups excluding carboxylic acids is 2. The number of Topliss-reactive ketones (excluding diaryl/α,β-unsaturated/α-hetero) is 1. The molecule has 1 saturated carbocycles. The van der Waals surface area contributed by atoms with Gasteiger partial charge in [0.1, 0.15) is 17.7 Å². The maximum absolute atomic E-state index is 13.6. The number of hydrogen-bond acceptors (Lipinski definition) is 6. The van der Waals surface area contributed by atoms with Gasteiger partial charge in [-0.15, -0.1) is 0 Å². The normalized spacial score (nSPS) is 20.6. The zero-order valence-corrected chi connectivity index (χ0v) is 18.9. The van der Waals surface area contributed by atoms with Crippen LogP contribution in [0.2, 0.25) is 0 Å². The average Bonchev–Trinajstić information content (AvgIpc) is 3.42. The van der Waals surface area contributed by atoms with Gasteiger partial charge >= 0.3 is 6.03 Å². The molecule has 2 amide bonds. The van der Waals surface area contributed by atoms with E-state index in [4.69, 9.17) is 4.74 Å². The molecule has 1 saturated heterocycles. The standard InChI is InChI=1S/C23H21F2N5O3S/c24-14-6-13(7-15(25)8-14)18-4-5-26-30(18)23(32)29-10-16(11-29)33-22-28-21-19(34-22)9-17(27-21)20(31)12-2-1-3-12/h5-9,12,16,18,27H,1-4,10-11H2/t18-/m0/s1. The van der Waals surface area contributed by atoms with Gasteiger partial charge in [0.25, 0.3) is 5.19 Å². The minimum atomic E-state index is -0.689. The first kappa shape index (κ1) is 21.2. The fourth-order valence-electron chi connectivity index (χ4n) is 4.47. The predicted molar refractivity (Wildman–Crippen MR) is 121 cm³/mol. The summed E-state index contributed by atoms with van der Waals surface area (Å²) in [5.74, 6) is -1.10. The number of fused-ring (bicyclic) bond motifs is 1. The highest BCUT2D eigenvalue weighted by Crippen LogP contribution is 2.35. The van der Waals surface area contributed by atoms with Gasteiger partial charge in [-0.1, -0.05) is 17.8 Å². The summed E-state index contributed by atoms with van der Waals surface area (Å²) in [7, 11) is 0. The fraction of sp³-hybridized carbons (Fsp3) is 0.391. The van der Waals surface area contributed by atoms with Gasteiger partial charge in [-0.05, 0) is 36.6 Å². The number of benzene rings is 1. The molecule has 1 aliphatic carbocycles. The van der Waals surface area contributed by atoms with Gasteiger partial charge in [-0.2, -0.15) is 10.1 Å². The third-order valence-electron chi connectivity index (χ3n) is 6.59. The van der Waals surface area contributed by atoms with E-state index >= 15 is 0 Å². The summed E-state index contributed by atoms with van der Waals surface area (Å²) in [5.41, 5.74) is 1.60. The Balaban J connectivity index is 1.06. The van der Waals surface area contributed by atoms with Crippen LogP contribution < -0.4 is 4.74 Å². The van der Waals surface area contributed by atoms with E-state index in [-0.39, 0.29) is 23.8 Å². The monoisotopic (exact) mass is 485 g/mol. The summed E-state index contributed by atoms with van der Waals surface area (Å²) in [5, 5.41) is 5.86. The lowest BCUT2D eigenvalue weighted by Gasteiger charge is -2.40. The minimum absolute atomic E-state index is 0.126. The first-order valence-electron chi connectivity index (χ1n) is 11.2. The summed E-state index contributed by atoms with van der Waals surface area (Å²) in [6.07, 6.45) is 4.75. The Morgan fingerprint density at radius 3 is 2.56 bits per heavy atom. The molecule has 8 nitrogen and oxygen atoms in total. The molecule has 3 aromatic rings. The molecule has 176 valence electrons. The van der Waals surface area contributed by atoms with E-state index in [0.717, 1.165) is 30.0 Å². The molecule has 1 N–H and O–H groups in total. The number of ketones is 1. The van der Waals surface area contributed by atoms with Crippen LogP contribution in [0.1, 0.15) is 47.8 Å². The number of nitrogens with one attached hydrogen (secondary N) is 1. The number of likely N-dealkylation sites (tertiary alicyclic amines) is 1. The first-order chi connectivity index (χ1) is 16.4. The van der Waals surface area contributed by atoms with E-state index in [2.05, 4.69) is 15.1 Å². The largest absolute Gasteiger partial charge is 0.463 e. The SMILES string of the molecule is O=C(c1cc2sc(OC3CN(C(=O)N4N=CC[C@H]4c4cc(F)cc(F)c4)C3)nc2[nH]1)C1CCC1. The molecule has 0 spiro atoms. The number of hydrogen-bond donors (Lipinski definition) is 1. The van der Waals surface area contributed by atoms with Crippen molar-refractivity contribution in [3.8, 4) is 5.19 Å². The average molecular weight is 486 g/mol. The molecule has 1 aromatic carbocycles. The van der Waals surface area contributed by atoms with Crippen LogP contribution in [0.5, 0.6) is 5.19 Å². The Kier molecular flexibility index (Phi) is 5.09.